The number of alkyl halides is 2. The summed E-state index contributed by atoms with van der Waals surface area (Å²) in [4.78, 5) is 10.2. The first kappa shape index (κ1) is 10.5. The Morgan fingerprint density at radius 1 is 1.57 bits per heavy atom. The molecule has 78 valence electrons. The van der Waals surface area contributed by atoms with Crippen molar-refractivity contribution in [1.29, 1.82) is 0 Å². The Morgan fingerprint density at radius 2 is 2.14 bits per heavy atom. The number of hydrogen-bond acceptors (Lipinski definition) is 4. The highest BCUT2D eigenvalue weighted by Gasteiger charge is 2.47. The van der Waals surface area contributed by atoms with Gasteiger partial charge in [-0.2, -0.15) is 8.78 Å². The summed E-state index contributed by atoms with van der Waals surface area (Å²) in [5.41, 5.74) is 0. The number of tetrazole rings is 1. The molecule has 0 fully saturated rings. The molecule has 0 aliphatic rings. The molecule has 6 nitrogen and oxygen atoms in total. The number of aromatic nitrogens is 4. The van der Waals surface area contributed by atoms with Gasteiger partial charge in [-0.15, -0.1) is 5.10 Å². The highest BCUT2D eigenvalue weighted by atomic mass is 19.3. The number of rotatable bonds is 3. The quantitative estimate of drug-likeness (QED) is 0.775. The number of carboxylic acids is 1. The summed E-state index contributed by atoms with van der Waals surface area (Å²) in [6.07, 6.45) is 0. The number of aliphatic carboxylic acids is 1. The van der Waals surface area contributed by atoms with E-state index >= 15 is 0 Å². The van der Waals surface area contributed by atoms with Gasteiger partial charge in [0, 0.05) is 0 Å². The van der Waals surface area contributed by atoms with Crippen LogP contribution in [0.4, 0.5) is 8.78 Å². The van der Waals surface area contributed by atoms with Crippen LogP contribution < -0.4 is 0 Å². The first-order valence-corrected chi connectivity index (χ1v) is 3.77. The molecule has 0 aliphatic carbocycles. The van der Waals surface area contributed by atoms with Crippen LogP contribution >= 0.6 is 0 Å². The number of hydrogen-bond donors (Lipinski definition) is 1. The zero-order valence-electron chi connectivity index (χ0n) is 7.48. The Labute approximate surface area is 77.5 Å². The third kappa shape index (κ3) is 1.54. The minimum absolute atomic E-state index is 0.426. The van der Waals surface area contributed by atoms with E-state index < -0.39 is 23.8 Å². The molecule has 1 heterocycles. The van der Waals surface area contributed by atoms with Crippen LogP contribution in [0.25, 0.3) is 0 Å². The highest BCUT2D eigenvalue weighted by molar-refractivity contribution is 5.75. The van der Waals surface area contributed by atoms with Crippen molar-refractivity contribution in [1.82, 2.24) is 20.2 Å². The summed E-state index contributed by atoms with van der Waals surface area (Å²) in [6.45, 7) is 3.13. The van der Waals surface area contributed by atoms with Gasteiger partial charge in [0.2, 0.25) is 5.82 Å². The maximum Gasteiger partial charge on any atom is 0.402 e. The fourth-order valence-corrected chi connectivity index (χ4v) is 0.844. The molecular weight excluding hydrogens is 198 g/mol. The molecule has 8 heteroatoms. The molecule has 0 saturated carbocycles. The van der Waals surface area contributed by atoms with Crippen molar-refractivity contribution in [3.8, 4) is 0 Å². The van der Waals surface area contributed by atoms with Crippen LogP contribution in [-0.4, -0.2) is 31.3 Å². The summed E-state index contributed by atoms with van der Waals surface area (Å²) in [5, 5.41) is 17.6. The molecule has 0 saturated heterocycles. The van der Waals surface area contributed by atoms with Crippen LogP contribution in [0.5, 0.6) is 0 Å². The van der Waals surface area contributed by atoms with Crippen LogP contribution in [-0.2, 0) is 10.7 Å². The molecule has 0 radical (unpaired) electrons. The van der Waals surface area contributed by atoms with E-state index in [1.165, 1.54) is 0 Å². The predicted molar refractivity (Wildman–Crippen MR) is 39.7 cm³/mol. The Bertz CT molecular complexity index is 349. The van der Waals surface area contributed by atoms with Gasteiger partial charge in [-0.25, -0.2) is 9.48 Å². The van der Waals surface area contributed by atoms with Crippen molar-refractivity contribution in [2.24, 2.45) is 0 Å². The Kier molecular flexibility index (Phi) is 2.45. The minimum Gasteiger partial charge on any atom is -0.476 e. The van der Waals surface area contributed by atoms with Gasteiger partial charge in [0.15, 0.2) is 0 Å². The second-order valence-electron chi connectivity index (χ2n) is 2.92. The van der Waals surface area contributed by atoms with Crippen LogP contribution in [0.2, 0.25) is 0 Å². The van der Waals surface area contributed by atoms with E-state index in [4.69, 9.17) is 5.11 Å². The lowest BCUT2D eigenvalue weighted by Gasteiger charge is -2.12. The Balaban J connectivity index is 3.18. The van der Waals surface area contributed by atoms with Crippen LogP contribution in [0.3, 0.4) is 0 Å². The summed E-state index contributed by atoms with van der Waals surface area (Å²) in [7, 11) is 0. The molecule has 1 rings (SSSR count). The highest BCUT2D eigenvalue weighted by Crippen LogP contribution is 2.26. The molecule has 14 heavy (non-hydrogen) atoms. The first-order chi connectivity index (χ1) is 6.37. The van der Waals surface area contributed by atoms with Crippen molar-refractivity contribution < 1.29 is 18.7 Å². The number of halogens is 2. The summed E-state index contributed by atoms with van der Waals surface area (Å²) >= 11 is 0. The average molecular weight is 206 g/mol. The number of nitrogens with zero attached hydrogens (tertiary/aromatic N) is 4. The fourth-order valence-electron chi connectivity index (χ4n) is 0.844. The smallest absolute Gasteiger partial charge is 0.402 e. The topological polar surface area (TPSA) is 80.9 Å². The van der Waals surface area contributed by atoms with E-state index in [0.29, 0.717) is 0 Å². The van der Waals surface area contributed by atoms with Crippen LogP contribution in [0.15, 0.2) is 0 Å². The SMILES string of the molecule is CC(C)n1nnnc1C(F)(F)C(=O)O. The molecule has 0 unspecified atom stereocenters. The molecule has 0 amide bonds. The summed E-state index contributed by atoms with van der Waals surface area (Å²) < 4.78 is 26.7. The van der Waals surface area contributed by atoms with Crippen LogP contribution in [0, 0.1) is 0 Å². The van der Waals surface area contributed by atoms with Crippen LogP contribution in [0.1, 0.15) is 25.7 Å². The van der Waals surface area contributed by atoms with E-state index in [2.05, 4.69) is 15.5 Å². The molecule has 0 aliphatic heterocycles. The molecule has 0 bridgehead atoms. The predicted octanol–water partition coefficient (Wildman–Crippen LogP) is 0.430. The van der Waals surface area contributed by atoms with Gasteiger partial charge < -0.3 is 5.11 Å². The normalized spacial score (nSPS) is 12.1. The largest absolute Gasteiger partial charge is 0.476 e. The van der Waals surface area contributed by atoms with Gasteiger partial charge in [-0.05, 0) is 24.3 Å². The molecule has 0 spiro atoms. The number of carboxylic acid groups (broad SMARTS) is 1. The van der Waals surface area contributed by atoms with E-state index in [0.717, 1.165) is 4.68 Å². The monoisotopic (exact) mass is 206 g/mol. The van der Waals surface area contributed by atoms with Crippen molar-refractivity contribution in [3.63, 3.8) is 0 Å². The van der Waals surface area contributed by atoms with E-state index in [-0.39, 0.29) is 0 Å². The van der Waals surface area contributed by atoms with Crippen molar-refractivity contribution in [2.75, 3.05) is 0 Å². The lowest BCUT2D eigenvalue weighted by Crippen LogP contribution is -2.30. The minimum atomic E-state index is -4.06. The fraction of sp³-hybridized carbons (Fsp3) is 0.667. The van der Waals surface area contributed by atoms with E-state index in [9.17, 15) is 13.6 Å². The standard InChI is InChI=1S/C6H8F2N4O2/c1-3(2)12-4(9-10-11-12)6(7,8)5(13)14/h3H,1-2H3,(H,13,14). The van der Waals surface area contributed by atoms with Gasteiger partial charge in [0.1, 0.15) is 0 Å². The average Bonchev–Trinajstić information content (AvgIpc) is 2.51. The lowest BCUT2D eigenvalue weighted by molar-refractivity contribution is -0.168. The molecule has 1 N–H and O–H groups in total. The van der Waals surface area contributed by atoms with Crippen molar-refractivity contribution in [2.45, 2.75) is 25.8 Å². The lowest BCUT2D eigenvalue weighted by atomic mass is 10.3. The van der Waals surface area contributed by atoms with Gasteiger partial charge in [0.25, 0.3) is 0 Å². The first-order valence-electron chi connectivity index (χ1n) is 3.77. The van der Waals surface area contributed by atoms with E-state index in [1.807, 2.05) is 0 Å². The van der Waals surface area contributed by atoms with Crippen molar-refractivity contribution >= 4 is 5.97 Å². The van der Waals surface area contributed by atoms with Gasteiger partial charge in [0.05, 0.1) is 6.04 Å². The summed E-state index contributed by atoms with van der Waals surface area (Å²) in [6, 6.07) is -0.426. The molecule has 1 aromatic heterocycles. The maximum absolute atomic E-state index is 13.0. The van der Waals surface area contributed by atoms with Gasteiger partial charge in [-0.1, -0.05) is 0 Å². The Hall–Kier alpha value is -1.60. The van der Waals surface area contributed by atoms with Gasteiger partial charge >= 0.3 is 11.9 Å². The second kappa shape index (κ2) is 3.28. The summed E-state index contributed by atoms with van der Waals surface area (Å²) in [5.74, 6) is -7.29. The maximum atomic E-state index is 13.0. The second-order valence-corrected chi connectivity index (χ2v) is 2.92. The van der Waals surface area contributed by atoms with E-state index in [1.54, 1.807) is 13.8 Å². The molecule has 0 atom stereocenters. The van der Waals surface area contributed by atoms with Crippen molar-refractivity contribution in [3.05, 3.63) is 5.82 Å². The van der Waals surface area contributed by atoms with Gasteiger partial charge in [-0.3, -0.25) is 0 Å². The molecular formula is C6H8F2N4O2. The third-order valence-electron chi connectivity index (χ3n) is 1.53. The zero-order chi connectivity index (χ0) is 10.9. The molecule has 1 aromatic rings. The number of carbonyl (C=O) groups is 1. The zero-order valence-corrected chi connectivity index (χ0v) is 7.48. The third-order valence-corrected chi connectivity index (χ3v) is 1.53. The Morgan fingerprint density at radius 3 is 2.57 bits per heavy atom. The molecule has 0 aromatic carbocycles.